The molecule has 0 aliphatic heterocycles. The lowest BCUT2D eigenvalue weighted by Crippen LogP contribution is -2.34. The summed E-state index contributed by atoms with van der Waals surface area (Å²) in [5, 5.41) is 3.40. The minimum absolute atomic E-state index is 0.127. The topological polar surface area (TPSA) is 59.5 Å². The normalized spacial score (nSPS) is 10.8. The Morgan fingerprint density at radius 3 is 2.62 bits per heavy atom. The van der Waals surface area contributed by atoms with Crippen LogP contribution in [0.25, 0.3) is 6.08 Å². The first-order valence-corrected chi connectivity index (χ1v) is 8.44. The van der Waals surface area contributed by atoms with Crippen LogP contribution in [-0.4, -0.2) is 35.4 Å². The molecule has 0 N–H and O–H groups in total. The number of ether oxygens (including phenoxy) is 1. The number of rotatable bonds is 6. The van der Waals surface area contributed by atoms with Crippen molar-refractivity contribution in [1.29, 1.82) is 0 Å². The number of nitrogens with zero attached hydrogens (tertiary/aromatic N) is 2. The molecular formula is C17H17ClN2O3S. The van der Waals surface area contributed by atoms with Crippen LogP contribution in [0.4, 0.5) is 0 Å². The Hall–Kier alpha value is -2.18. The highest BCUT2D eigenvalue weighted by Crippen LogP contribution is 2.13. The third-order valence-electron chi connectivity index (χ3n) is 3.18. The van der Waals surface area contributed by atoms with Crippen molar-refractivity contribution in [2.45, 2.75) is 13.5 Å². The molecule has 5 nitrogen and oxygen atoms in total. The van der Waals surface area contributed by atoms with Crippen molar-refractivity contribution in [1.82, 2.24) is 9.88 Å². The predicted octanol–water partition coefficient (Wildman–Crippen LogP) is 3.32. The fourth-order valence-electron chi connectivity index (χ4n) is 1.96. The molecule has 1 heterocycles. The van der Waals surface area contributed by atoms with Crippen LogP contribution in [-0.2, 0) is 20.9 Å². The van der Waals surface area contributed by atoms with Gasteiger partial charge in [0, 0.05) is 23.0 Å². The monoisotopic (exact) mass is 364 g/mol. The molecule has 0 bridgehead atoms. The van der Waals surface area contributed by atoms with Gasteiger partial charge in [0.25, 0.3) is 0 Å². The van der Waals surface area contributed by atoms with Gasteiger partial charge in [-0.15, -0.1) is 11.3 Å². The van der Waals surface area contributed by atoms with Crippen LogP contribution in [0.3, 0.4) is 0 Å². The van der Waals surface area contributed by atoms with Crippen molar-refractivity contribution in [2.24, 2.45) is 0 Å². The second kappa shape index (κ2) is 8.61. The average Bonchev–Trinajstić information content (AvgIpc) is 2.99. The van der Waals surface area contributed by atoms with Crippen molar-refractivity contribution in [3.8, 4) is 0 Å². The quantitative estimate of drug-likeness (QED) is 0.582. The molecule has 0 radical (unpaired) electrons. The fraction of sp³-hybridized carbons (Fsp3) is 0.235. The van der Waals surface area contributed by atoms with Gasteiger partial charge in [-0.1, -0.05) is 23.7 Å². The highest BCUT2D eigenvalue weighted by Gasteiger charge is 2.16. The summed E-state index contributed by atoms with van der Waals surface area (Å²) in [6.07, 6.45) is 3.05. The van der Waals surface area contributed by atoms with Crippen molar-refractivity contribution >= 4 is 40.9 Å². The maximum atomic E-state index is 12.4. The molecule has 0 atom stereocenters. The van der Waals surface area contributed by atoms with Gasteiger partial charge in [0.2, 0.25) is 5.91 Å². The number of esters is 1. The largest absolute Gasteiger partial charge is 0.468 e. The van der Waals surface area contributed by atoms with Gasteiger partial charge in [-0.3, -0.25) is 9.59 Å². The minimum Gasteiger partial charge on any atom is -0.468 e. The molecule has 0 saturated carbocycles. The van der Waals surface area contributed by atoms with E-state index in [1.807, 2.05) is 24.4 Å². The summed E-state index contributed by atoms with van der Waals surface area (Å²) >= 11 is 7.37. The van der Waals surface area contributed by atoms with Crippen LogP contribution in [0.1, 0.15) is 16.3 Å². The highest BCUT2D eigenvalue weighted by atomic mass is 35.5. The SMILES string of the molecule is COC(=O)CN(Cc1ccc(Cl)cc1)C(=O)/C=C/c1csc(C)n1. The maximum absolute atomic E-state index is 12.4. The number of aromatic nitrogens is 1. The lowest BCUT2D eigenvalue weighted by molar-refractivity contribution is -0.145. The summed E-state index contributed by atoms with van der Waals surface area (Å²) in [5.74, 6) is -0.767. The molecule has 0 fully saturated rings. The highest BCUT2D eigenvalue weighted by molar-refractivity contribution is 7.09. The zero-order valence-electron chi connectivity index (χ0n) is 13.4. The Balaban J connectivity index is 2.11. The van der Waals surface area contributed by atoms with Crippen LogP contribution in [0.2, 0.25) is 5.02 Å². The molecule has 126 valence electrons. The molecule has 0 saturated heterocycles. The molecule has 0 aliphatic carbocycles. The standard InChI is InChI=1S/C17H17ClN2O3S/c1-12-19-15(11-24-12)7-8-16(21)20(10-17(22)23-2)9-13-3-5-14(18)6-4-13/h3-8,11H,9-10H2,1-2H3/b8-7+. The van der Waals surface area contributed by atoms with E-state index in [-0.39, 0.29) is 19.0 Å². The summed E-state index contributed by atoms with van der Waals surface area (Å²) in [4.78, 5) is 29.7. The Labute approximate surface area is 149 Å². The molecule has 2 rings (SSSR count). The van der Waals surface area contributed by atoms with E-state index in [4.69, 9.17) is 11.6 Å². The van der Waals surface area contributed by atoms with Crippen molar-refractivity contribution < 1.29 is 14.3 Å². The molecule has 1 aromatic heterocycles. The third-order valence-corrected chi connectivity index (χ3v) is 4.22. The van der Waals surface area contributed by atoms with Crippen molar-refractivity contribution in [3.05, 3.63) is 57.0 Å². The van der Waals surface area contributed by atoms with E-state index >= 15 is 0 Å². The van der Waals surface area contributed by atoms with Gasteiger partial charge < -0.3 is 9.64 Å². The van der Waals surface area contributed by atoms with Crippen molar-refractivity contribution in [3.63, 3.8) is 0 Å². The Morgan fingerprint density at radius 2 is 2.04 bits per heavy atom. The molecule has 1 aromatic carbocycles. The smallest absolute Gasteiger partial charge is 0.325 e. The number of benzene rings is 1. The van der Waals surface area contributed by atoms with Gasteiger partial charge in [0.1, 0.15) is 6.54 Å². The Kier molecular flexibility index (Phi) is 6.52. The summed E-state index contributed by atoms with van der Waals surface area (Å²) in [7, 11) is 1.29. The van der Waals surface area contributed by atoms with E-state index in [2.05, 4.69) is 9.72 Å². The van der Waals surface area contributed by atoms with Gasteiger partial charge in [0.05, 0.1) is 17.8 Å². The Morgan fingerprint density at radius 1 is 1.33 bits per heavy atom. The minimum atomic E-state index is -0.477. The van der Waals surface area contributed by atoms with Crippen molar-refractivity contribution in [2.75, 3.05) is 13.7 Å². The molecule has 2 aromatic rings. The van der Waals surface area contributed by atoms with Crippen LogP contribution in [0.15, 0.2) is 35.7 Å². The van der Waals surface area contributed by atoms with E-state index in [0.29, 0.717) is 5.02 Å². The molecule has 1 amide bonds. The molecule has 0 aliphatic rings. The molecule has 0 unspecified atom stereocenters. The average molecular weight is 365 g/mol. The number of aryl methyl sites for hydroxylation is 1. The van der Waals surface area contributed by atoms with Gasteiger partial charge in [-0.2, -0.15) is 0 Å². The number of amides is 1. The van der Waals surface area contributed by atoms with Gasteiger partial charge in [0.15, 0.2) is 0 Å². The zero-order valence-corrected chi connectivity index (χ0v) is 14.9. The van der Waals surface area contributed by atoms with Gasteiger partial charge >= 0.3 is 5.97 Å². The summed E-state index contributed by atoms with van der Waals surface area (Å²) in [6.45, 7) is 2.05. The first kappa shape index (κ1) is 18.2. The first-order valence-electron chi connectivity index (χ1n) is 7.18. The number of carbonyl (C=O) groups excluding carboxylic acids is 2. The summed E-state index contributed by atoms with van der Waals surface area (Å²) in [5.41, 5.74) is 1.59. The van der Waals surface area contributed by atoms with E-state index < -0.39 is 5.97 Å². The maximum Gasteiger partial charge on any atom is 0.325 e. The van der Waals surface area contributed by atoms with E-state index in [9.17, 15) is 9.59 Å². The van der Waals surface area contributed by atoms with Gasteiger partial charge in [-0.05, 0) is 30.7 Å². The third kappa shape index (κ3) is 5.47. The number of hydrogen-bond acceptors (Lipinski definition) is 5. The van der Waals surface area contributed by atoms with Crippen LogP contribution < -0.4 is 0 Å². The summed E-state index contributed by atoms with van der Waals surface area (Å²) in [6, 6.07) is 7.11. The predicted molar refractivity (Wildman–Crippen MR) is 94.8 cm³/mol. The number of methoxy groups -OCH3 is 1. The van der Waals surface area contributed by atoms with Crippen LogP contribution in [0, 0.1) is 6.92 Å². The second-order valence-corrected chi connectivity index (χ2v) is 6.52. The molecular weight excluding hydrogens is 348 g/mol. The van der Waals surface area contributed by atoms with E-state index in [0.717, 1.165) is 16.3 Å². The van der Waals surface area contributed by atoms with Crippen LogP contribution >= 0.6 is 22.9 Å². The second-order valence-electron chi connectivity index (χ2n) is 5.02. The lowest BCUT2D eigenvalue weighted by atomic mass is 10.2. The first-order chi connectivity index (χ1) is 11.5. The van der Waals surface area contributed by atoms with E-state index in [1.165, 1.54) is 29.4 Å². The number of halogens is 1. The lowest BCUT2D eigenvalue weighted by Gasteiger charge is -2.20. The molecule has 24 heavy (non-hydrogen) atoms. The van der Waals surface area contributed by atoms with Crippen LogP contribution in [0.5, 0.6) is 0 Å². The van der Waals surface area contributed by atoms with Gasteiger partial charge in [-0.25, -0.2) is 4.98 Å². The number of thiazole rings is 1. The zero-order chi connectivity index (χ0) is 17.5. The van der Waals surface area contributed by atoms with E-state index in [1.54, 1.807) is 18.2 Å². The number of carbonyl (C=O) groups is 2. The number of hydrogen-bond donors (Lipinski definition) is 0. The summed E-state index contributed by atoms with van der Waals surface area (Å²) < 4.78 is 4.67. The molecule has 0 spiro atoms. The Bertz CT molecular complexity index is 741. The fourth-order valence-corrected chi connectivity index (χ4v) is 2.67. The molecule has 7 heteroatoms.